The van der Waals surface area contributed by atoms with Gasteiger partial charge in [0.15, 0.2) is 0 Å². The van der Waals surface area contributed by atoms with E-state index in [9.17, 15) is 0 Å². The van der Waals surface area contributed by atoms with Gasteiger partial charge in [-0.25, -0.2) is 0 Å². The fourth-order valence-electron chi connectivity index (χ4n) is 2.37. The first kappa shape index (κ1) is 12.8. The van der Waals surface area contributed by atoms with Crippen molar-refractivity contribution in [1.82, 2.24) is 5.32 Å². The topological polar surface area (TPSA) is 21.3 Å². The van der Waals surface area contributed by atoms with Gasteiger partial charge in [0.1, 0.15) is 5.75 Å². The van der Waals surface area contributed by atoms with Crippen LogP contribution in [0.1, 0.15) is 26.2 Å². The second-order valence-electron chi connectivity index (χ2n) is 4.48. The van der Waals surface area contributed by atoms with Gasteiger partial charge >= 0.3 is 0 Å². The van der Waals surface area contributed by atoms with Crippen molar-refractivity contribution in [2.45, 2.75) is 42.4 Å². The Morgan fingerprint density at radius 2 is 2.06 bits per heavy atom. The smallest absolute Gasteiger partial charge is 0.118 e. The van der Waals surface area contributed by atoms with E-state index in [1.54, 1.807) is 7.11 Å². The molecule has 0 aliphatic heterocycles. The summed E-state index contributed by atoms with van der Waals surface area (Å²) in [6, 6.07) is 9.13. The Balaban J connectivity index is 1.84. The van der Waals surface area contributed by atoms with Gasteiger partial charge in [0, 0.05) is 16.2 Å². The number of nitrogens with one attached hydrogen (secondary N) is 1. The Hall–Kier alpha value is -0.670. The molecule has 0 heterocycles. The molecular formula is C14H21NOS. The summed E-state index contributed by atoms with van der Waals surface area (Å²) in [4.78, 5) is 1.35. The largest absolute Gasteiger partial charge is 0.497 e. The highest BCUT2D eigenvalue weighted by Gasteiger charge is 2.24. The fraction of sp³-hybridized carbons (Fsp3) is 0.571. The highest BCUT2D eigenvalue weighted by atomic mass is 32.2. The van der Waals surface area contributed by atoms with Gasteiger partial charge in [-0.05, 0) is 50.1 Å². The highest BCUT2D eigenvalue weighted by Crippen LogP contribution is 2.35. The molecule has 0 saturated heterocycles. The Labute approximate surface area is 108 Å². The van der Waals surface area contributed by atoms with Crippen LogP contribution in [0.4, 0.5) is 0 Å². The van der Waals surface area contributed by atoms with Crippen LogP contribution in [-0.2, 0) is 0 Å². The maximum absolute atomic E-state index is 5.17. The van der Waals surface area contributed by atoms with Crippen LogP contribution in [0, 0.1) is 0 Å². The number of rotatable bonds is 5. The van der Waals surface area contributed by atoms with Gasteiger partial charge in [-0.3, -0.25) is 0 Å². The molecule has 1 aliphatic carbocycles. The first-order chi connectivity index (χ1) is 8.31. The summed E-state index contributed by atoms with van der Waals surface area (Å²) in [6.45, 7) is 3.27. The average molecular weight is 251 g/mol. The second kappa shape index (κ2) is 6.31. The summed E-state index contributed by atoms with van der Waals surface area (Å²) >= 11 is 2.00. The van der Waals surface area contributed by atoms with E-state index in [0.717, 1.165) is 23.6 Å². The zero-order chi connectivity index (χ0) is 12.1. The molecule has 2 unspecified atom stereocenters. The third-order valence-corrected chi connectivity index (χ3v) is 4.55. The van der Waals surface area contributed by atoms with Crippen LogP contribution in [0.25, 0.3) is 0 Å². The van der Waals surface area contributed by atoms with Crippen LogP contribution in [-0.4, -0.2) is 24.9 Å². The molecule has 1 aromatic carbocycles. The van der Waals surface area contributed by atoms with Crippen LogP contribution >= 0.6 is 11.8 Å². The van der Waals surface area contributed by atoms with Crippen LogP contribution in [0.5, 0.6) is 5.75 Å². The monoisotopic (exact) mass is 251 g/mol. The van der Waals surface area contributed by atoms with Crippen molar-refractivity contribution in [3.63, 3.8) is 0 Å². The van der Waals surface area contributed by atoms with Gasteiger partial charge in [0.2, 0.25) is 0 Å². The molecule has 17 heavy (non-hydrogen) atoms. The van der Waals surface area contributed by atoms with Crippen LogP contribution < -0.4 is 10.1 Å². The van der Waals surface area contributed by atoms with E-state index >= 15 is 0 Å². The molecule has 1 aromatic rings. The molecule has 0 aromatic heterocycles. The van der Waals surface area contributed by atoms with E-state index in [2.05, 4.69) is 24.4 Å². The Bertz CT molecular complexity index is 339. The molecule has 1 aliphatic rings. The standard InChI is InChI=1S/C14H21NOS/c1-3-15-11-4-7-14(10-11)17-13-8-5-12(16-2)6-9-13/h5-6,8-9,11,14-15H,3-4,7,10H2,1-2H3. The summed E-state index contributed by atoms with van der Waals surface area (Å²) in [6.07, 6.45) is 3.94. The van der Waals surface area contributed by atoms with Gasteiger partial charge in [-0.15, -0.1) is 11.8 Å². The van der Waals surface area contributed by atoms with E-state index in [1.807, 2.05) is 23.9 Å². The minimum atomic E-state index is 0.732. The highest BCUT2D eigenvalue weighted by molar-refractivity contribution is 8.00. The van der Waals surface area contributed by atoms with Crippen LogP contribution in [0.2, 0.25) is 0 Å². The normalized spacial score (nSPS) is 23.9. The summed E-state index contributed by atoms with van der Waals surface area (Å²) in [5, 5.41) is 4.32. The van der Waals surface area contributed by atoms with Gasteiger partial charge in [0.05, 0.1) is 7.11 Å². The van der Waals surface area contributed by atoms with Crippen molar-refractivity contribution in [1.29, 1.82) is 0 Å². The Morgan fingerprint density at radius 1 is 1.29 bits per heavy atom. The number of benzene rings is 1. The predicted octanol–water partition coefficient (Wildman–Crippen LogP) is 3.32. The minimum absolute atomic E-state index is 0.732. The zero-order valence-electron chi connectivity index (χ0n) is 10.6. The minimum Gasteiger partial charge on any atom is -0.497 e. The van der Waals surface area contributed by atoms with Crippen molar-refractivity contribution in [3.05, 3.63) is 24.3 Å². The van der Waals surface area contributed by atoms with Gasteiger partial charge in [-0.1, -0.05) is 6.92 Å². The summed E-state index contributed by atoms with van der Waals surface area (Å²) < 4.78 is 5.17. The number of hydrogen-bond acceptors (Lipinski definition) is 3. The SMILES string of the molecule is CCNC1CCC(Sc2ccc(OC)cc2)C1. The number of ether oxygens (including phenoxy) is 1. The molecule has 1 fully saturated rings. The molecule has 0 radical (unpaired) electrons. The molecule has 0 spiro atoms. The van der Waals surface area contributed by atoms with Crippen molar-refractivity contribution in [3.8, 4) is 5.75 Å². The van der Waals surface area contributed by atoms with Crippen molar-refractivity contribution >= 4 is 11.8 Å². The molecule has 94 valence electrons. The van der Waals surface area contributed by atoms with Crippen molar-refractivity contribution in [2.24, 2.45) is 0 Å². The van der Waals surface area contributed by atoms with Crippen LogP contribution in [0.15, 0.2) is 29.2 Å². The fourth-order valence-corrected chi connectivity index (χ4v) is 3.63. The van der Waals surface area contributed by atoms with Crippen molar-refractivity contribution in [2.75, 3.05) is 13.7 Å². The molecular weight excluding hydrogens is 230 g/mol. The Morgan fingerprint density at radius 3 is 2.71 bits per heavy atom. The van der Waals surface area contributed by atoms with E-state index in [0.29, 0.717) is 0 Å². The number of thioether (sulfide) groups is 1. The zero-order valence-corrected chi connectivity index (χ0v) is 11.4. The molecule has 2 nitrogen and oxygen atoms in total. The first-order valence-corrected chi connectivity index (χ1v) is 7.24. The molecule has 0 amide bonds. The molecule has 0 bridgehead atoms. The maximum atomic E-state index is 5.17. The average Bonchev–Trinajstić information content (AvgIpc) is 2.78. The van der Waals surface area contributed by atoms with Crippen molar-refractivity contribution < 1.29 is 4.74 Å². The third-order valence-electron chi connectivity index (χ3n) is 3.24. The van der Waals surface area contributed by atoms with Gasteiger partial charge < -0.3 is 10.1 Å². The van der Waals surface area contributed by atoms with Gasteiger partial charge in [0.25, 0.3) is 0 Å². The quantitative estimate of drug-likeness (QED) is 0.867. The summed E-state index contributed by atoms with van der Waals surface area (Å²) in [5.74, 6) is 0.936. The van der Waals surface area contributed by atoms with E-state index < -0.39 is 0 Å². The van der Waals surface area contributed by atoms with E-state index in [1.165, 1.54) is 24.2 Å². The number of methoxy groups -OCH3 is 1. The predicted molar refractivity (Wildman–Crippen MR) is 74.0 cm³/mol. The maximum Gasteiger partial charge on any atom is 0.118 e. The van der Waals surface area contributed by atoms with Gasteiger partial charge in [-0.2, -0.15) is 0 Å². The van der Waals surface area contributed by atoms with E-state index in [4.69, 9.17) is 4.74 Å². The molecule has 1 saturated carbocycles. The lowest BCUT2D eigenvalue weighted by atomic mass is 10.2. The lowest BCUT2D eigenvalue weighted by molar-refractivity contribution is 0.414. The summed E-state index contributed by atoms with van der Waals surface area (Å²) in [5.41, 5.74) is 0. The molecule has 2 atom stereocenters. The first-order valence-electron chi connectivity index (χ1n) is 6.36. The molecule has 1 N–H and O–H groups in total. The van der Waals surface area contributed by atoms with E-state index in [-0.39, 0.29) is 0 Å². The second-order valence-corrected chi connectivity index (χ2v) is 5.86. The summed E-state index contributed by atoms with van der Waals surface area (Å²) in [7, 11) is 1.71. The lowest BCUT2D eigenvalue weighted by Gasteiger charge is -2.12. The third kappa shape index (κ3) is 3.65. The lowest BCUT2D eigenvalue weighted by Crippen LogP contribution is -2.26. The molecule has 3 heteroatoms. The Kier molecular flexibility index (Phi) is 4.75. The number of hydrogen-bond donors (Lipinski definition) is 1. The molecule has 2 rings (SSSR count). The van der Waals surface area contributed by atoms with Crippen LogP contribution in [0.3, 0.4) is 0 Å².